The van der Waals surface area contributed by atoms with Crippen LogP contribution in [0.1, 0.15) is 12.2 Å². The lowest BCUT2D eigenvalue weighted by molar-refractivity contribution is -0.140. The predicted molar refractivity (Wildman–Crippen MR) is 57.1 cm³/mol. The van der Waals surface area contributed by atoms with Crippen LogP contribution in [0.3, 0.4) is 0 Å². The zero-order valence-electron chi connectivity index (χ0n) is 9.25. The maximum Gasteiger partial charge on any atom is 0.326 e. The molecule has 1 aromatic rings. The van der Waals surface area contributed by atoms with Gasteiger partial charge in [-0.15, -0.1) is 0 Å². The number of primary amides is 1. The number of carboxylic acid groups (broad SMARTS) is 1. The molecule has 0 aliphatic heterocycles. The van der Waals surface area contributed by atoms with Crippen LogP contribution in [0.15, 0.2) is 16.8 Å². The molecule has 0 saturated carbocycles. The molecule has 98 valence electrons. The normalized spacial score (nSPS) is 11.6. The first-order valence-electron chi connectivity index (χ1n) is 4.94. The standard InChI is InChI=1S/C9H12N4O5/c10-7(14)3-6(8(15)16)13-9(17)11-4-5-1-2-12-18-5/h1-2,6H,3-4H2,(H2,10,14)(H,15,16)(H2,11,13,17). The van der Waals surface area contributed by atoms with Crippen LogP contribution in [0.5, 0.6) is 0 Å². The Kier molecular flexibility index (Phi) is 4.67. The smallest absolute Gasteiger partial charge is 0.326 e. The van der Waals surface area contributed by atoms with Crippen molar-refractivity contribution in [1.82, 2.24) is 15.8 Å². The minimum atomic E-state index is -1.36. The Morgan fingerprint density at radius 3 is 2.72 bits per heavy atom. The van der Waals surface area contributed by atoms with Gasteiger partial charge in [-0.25, -0.2) is 9.59 Å². The van der Waals surface area contributed by atoms with Crippen LogP contribution < -0.4 is 16.4 Å². The van der Waals surface area contributed by atoms with Gasteiger partial charge in [0.05, 0.1) is 19.2 Å². The third kappa shape index (κ3) is 4.51. The number of nitrogens with zero attached hydrogens (tertiary/aromatic N) is 1. The number of hydrogen-bond donors (Lipinski definition) is 4. The number of aliphatic carboxylic acids is 1. The fraction of sp³-hybridized carbons (Fsp3) is 0.333. The lowest BCUT2D eigenvalue weighted by Gasteiger charge is -2.12. The zero-order valence-corrected chi connectivity index (χ0v) is 9.25. The summed E-state index contributed by atoms with van der Waals surface area (Å²) in [4.78, 5) is 32.7. The van der Waals surface area contributed by atoms with Crippen LogP contribution in [-0.2, 0) is 16.1 Å². The molecule has 1 unspecified atom stereocenters. The van der Waals surface area contributed by atoms with E-state index in [0.29, 0.717) is 5.76 Å². The minimum absolute atomic E-state index is 0.0503. The number of nitrogens with one attached hydrogen (secondary N) is 2. The second-order valence-electron chi connectivity index (χ2n) is 3.37. The van der Waals surface area contributed by atoms with Crippen LogP contribution in [0.2, 0.25) is 0 Å². The lowest BCUT2D eigenvalue weighted by Crippen LogP contribution is -2.47. The van der Waals surface area contributed by atoms with Crippen molar-refractivity contribution >= 4 is 17.9 Å². The van der Waals surface area contributed by atoms with E-state index in [2.05, 4.69) is 15.8 Å². The summed E-state index contributed by atoms with van der Waals surface area (Å²) in [6, 6.07) is -0.574. The molecule has 0 saturated heterocycles. The Bertz CT molecular complexity index is 430. The third-order valence-electron chi connectivity index (χ3n) is 1.92. The highest BCUT2D eigenvalue weighted by Crippen LogP contribution is 1.95. The second-order valence-corrected chi connectivity index (χ2v) is 3.37. The van der Waals surface area contributed by atoms with Gasteiger partial charge in [-0.3, -0.25) is 4.79 Å². The molecule has 0 aromatic carbocycles. The van der Waals surface area contributed by atoms with E-state index in [9.17, 15) is 14.4 Å². The molecule has 18 heavy (non-hydrogen) atoms. The van der Waals surface area contributed by atoms with Gasteiger partial charge >= 0.3 is 12.0 Å². The number of rotatable bonds is 6. The summed E-state index contributed by atoms with van der Waals surface area (Å²) in [6.07, 6.45) is 0.924. The van der Waals surface area contributed by atoms with Crippen LogP contribution in [0.25, 0.3) is 0 Å². The van der Waals surface area contributed by atoms with Crippen molar-refractivity contribution in [1.29, 1.82) is 0 Å². The summed E-state index contributed by atoms with van der Waals surface area (Å²) >= 11 is 0. The van der Waals surface area contributed by atoms with Gasteiger partial charge in [0.1, 0.15) is 6.04 Å². The van der Waals surface area contributed by atoms with Gasteiger partial charge in [-0.05, 0) is 0 Å². The summed E-state index contributed by atoms with van der Waals surface area (Å²) in [7, 11) is 0. The molecule has 1 rings (SSSR count). The maximum atomic E-state index is 11.3. The summed E-state index contributed by atoms with van der Waals surface area (Å²) in [5.41, 5.74) is 4.86. The van der Waals surface area contributed by atoms with Gasteiger partial charge in [0, 0.05) is 6.07 Å². The molecular weight excluding hydrogens is 244 g/mol. The average molecular weight is 256 g/mol. The first kappa shape index (κ1) is 13.5. The average Bonchev–Trinajstić information content (AvgIpc) is 2.77. The summed E-state index contributed by atoms with van der Waals surface area (Å²) < 4.78 is 4.72. The number of urea groups is 1. The molecule has 0 bridgehead atoms. The summed E-state index contributed by atoms with van der Waals surface area (Å²) in [6.45, 7) is 0.0503. The molecule has 1 heterocycles. The predicted octanol–water partition coefficient (Wildman–Crippen LogP) is -1.20. The Morgan fingerprint density at radius 1 is 1.50 bits per heavy atom. The molecule has 0 spiro atoms. The molecule has 9 heteroatoms. The van der Waals surface area contributed by atoms with Crippen molar-refractivity contribution in [3.63, 3.8) is 0 Å². The number of amides is 3. The molecule has 1 aromatic heterocycles. The highest BCUT2D eigenvalue weighted by atomic mass is 16.5. The van der Waals surface area contributed by atoms with Crippen molar-refractivity contribution < 1.29 is 24.0 Å². The maximum absolute atomic E-state index is 11.3. The number of carbonyl (C=O) groups is 3. The Morgan fingerprint density at radius 2 is 2.22 bits per heavy atom. The van der Waals surface area contributed by atoms with E-state index in [1.165, 1.54) is 6.20 Å². The largest absolute Gasteiger partial charge is 0.480 e. The second kappa shape index (κ2) is 6.23. The van der Waals surface area contributed by atoms with Crippen LogP contribution in [0.4, 0.5) is 4.79 Å². The van der Waals surface area contributed by atoms with E-state index < -0.39 is 30.4 Å². The highest BCUT2D eigenvalue weighted by molar-refractivity contribution is 5.87. The first-order chi connectivity index (χ1) is 8.49. The van der Waals surface area contributed by atoms with Crippen molar-refractivity contribution in [2.75, 3.05) is 0 Å². The number of carbonyl (C=O) groups excluding carboxylic acids is 2. The van der Waals surface area contributed by atoms with Gasteiger partial charge in [0.2, 0.25) is 5.91 Å². The fourth-order valence-corrected chi connectivity index (χ4v) is 1.11. The van der Waals surface area contributed by atoms with E-state index in [1.807, 2.05) is 0 Å². The van der Waals surface area contributed by atoms with E-state index >= 15 is 0 Å². The lowest BCUT2D eigenvalue weighted by atomic mass is 10.2. The molecule has 5 N–H and O–H groups in total. The number of nitrogens with two attached hydrogens (primary N) is 1. The zero-order chi connectivity index (χ0) is 13.5. The molecule has 3 amide bonds. The molecule has 1 atom stereocenters. The van der Waals surface area contributed by atoms with Gasteiger partial charge in [0.15, 0.2) is 5.76 Å². The molecular formula is C9H12N4O5. The Balaban J connectivity index is 2.41. The third-order valence-corrected chi connectivity index (χ3v) is 1.92. The minimum Gasteiger partial charge on any atom is -0.480 e. The molecule has 0 aliphatic carbocycles. The summed E-state index contributed by atoms with van der Waals surface area (Å²) in [5.74, 6) is -1.76. The van der Waals surface area contributed by atoms with E-state index in [-0.39, 0.29) is 6.54 Å². The van der Waals surface area contributed by atoms with Gasteiger partial charge < -0.3 is 26.0 Å². The van der Waals surface area contributed by atoms with Crippen LogP contribution in [-0.4, -0.2) is 34.2 Å². The van der Waals surface area contributed by atoms with E-state index in [0.717, 1.165) is 0 Å². The van der Waals surface area contributed by atoms with Crippen molar-refractivity contribution in [2.45, 2.75) is 19.0 Å². The summed E-state index contributed by atoms with van der Waals surface area (Å²) in [5, 5.41) is 16.6. The first-order valence-corrected chi connectivity index (χ1v) is 4.94. The highest BCUT2D eigenvalue weighted by Gasteiger charge is 2.21. The van der Waals surface area contributed by atoms with Crippen molar-refractivity contribution in [3.8, 4) is 0 Å². The molecule has 0 aliphatic rings. The molecule has 0 fully saturated rings. The monoisotopic (exact) mass is 256 g/mol. The van der Waals surface area contributed by atoms with E-state index in [4.69, 9.17) is 15.4 Å². The van der Waals surface area contributed by atoms with Gasteiger partial charge in [-0.1, -0.05) is 5.16 Å². The SMILES string of the molecule is NC(=O)CC(NC(=O)NCc1ccno1)C(=O)O. The van der Waals surface area contributed by atoms with Gasteiger partial charge in [-0.2, -0.15) is 0 Å². The van der Waals surface area contributed by atoms with Crippen molar-refractivity contribution in [3.05, 3.63) is 18.0 Å². The molecule has 0 radical (unpaired) electrons. The number of aromatic nitrogens is 1. The van der Waals surface area contributed by atoms with Crippen LogP contribution >= 0.6 is 0 Å². The quantitative estimate of drug-likeness (QED) is 0.502. The number of carboxylic acids is 1. The van der Waals surface area contributed by atoms with Crippen LogP contribution in [0, 0.1) is 0 Å². The molecule has 9 nitrogen and oxygen atoms in total. The van der Waals surface area contributed by atoms with Gasteiger partial charge in [0.25, 0.3) is 0 Å². The topological polar surface area (TPSA) is 148 Å². The van der Waals surface area contributed by atoms with E-state index in [1.54, 1.807) is 6.07 Å². The fourth-order valence-electron chi connectivity index (χ4n) is 1.11. The Hall–Kier alpha value is -2.58. The Labute approximate surface area is 101 Å². The van der Waals surface area contributed by atoms with Crippen molar-refractivity contribution in [2.24, 2.45) is 5.73 Å². The number of hydrogen-bond acceptors (Lipinski definition) is 5.